The van der Waals surface area contributed by atoms with E-state index < -0.39 is 35.8 Å². The van der Waals surface area contributed by atoms with Crippen LogP contribution in [0.25, 0.3) is 0 Å². The smallest absolute Gasteiger partial charge is 0.330 e. The third-order valence-electron chi connectivity index (χ3n) is 3.31. The Morgan fingerprint density at radius 3 is 2.70 bits per heavy atom. The number of aliphatic hydroxyl groups is 3. The molecule has 1 aliphatic heterocycles. The van der Waals surface area contributed by atoms with E-state index in [-0.39, 0.29) is 6.61 Å². The number of aryl methyl sites for hydroxylation is 1. The van der Waals surface area contributed by atoms with Crippen molar-refractivity contribution in [3.8, 4) is 0 Å². The van der Waals surface area contributed by atoms with E-state index >= 15 is 0 Å². The first-order valence-electron chi connectivity index (χ1n) is 6.45. The summed E-state index contributed by atoms with van der Waals surface area (Å²) in [6, 6.07) is 0. The second-order valence-corrected chi connectivity index (χ2v) is 4.84. The van der Waals surface area contributed by atoms with Crippen LogP contribution in [-0.2, 0) is 11.2 Å². The van der Waals surface area contributed by atoms with Gasteiger partial charge in [0.2, 0.25) is 0 Å². The van der Waals surface area contributed by atoms with Gasteiger partial charge < -0.3 is 20.1 Å². The zero-order valence-electron chi connectivity index (χ0n) is 11.0. The SMILES string of the molecule is CCCc1cn(C2OCC(O)C(O)C2O)c(=O)[nH]c1=O. The Morgan fingerprint density at radius 2 is 2.05 bits per heavy atom. The fourth-order valence-corrected chi connectivity index (χ4v) is 2.20. The summed E-state index contributed by atoms with van der Waals surface area (Å²) in [4.78, 5) is 25.6. The second kappa shape index (κ2) is 5.88. The number of nitrogens with zero attached hydrogens (tertiary/aromatic N) is 1. The topological polar surface area (TPSA) is 125 Å². The molecule has 112 valence electrons. The number of aliphatic hydroxyl groups excluding tert-OH is 3. The quantitative estimate of drug-likeness (QED) is 0.514. The summed E-state index contributed by atoms with van der Waals surface area (Å²) in [6.45, 7) is 1.68. The molecule has 0 spiro atoms. The molecule has 0 saturated carbocycles. The van der Waals surface area contributed by atoms with Crippen LogP contribution in [0.2, 0.25) is 0 Å². The van der Waals surface area contributed by atoms with Crippen LogP contribution in [0.15, 0.2) is 15.8 Å². The summed E-state index contributed by atoms with van der Waals surface area (Å²) in [6.07, 6.45) is -2.72. The average molecular weight is 286 g/mol. The van der Waals surface area contributed by atoms with Gasteiger partial charge in [0.05, 0.1) is 6.61 Å². The molecule has 8 heteroatoms. The summed E-state index contributed by atoms with van der Waals surface area (Å²) in [5, 5.41) is 28.9. The molecule has 1 fully saturated rings. The van der Waals surface area contributed by atoms with Crippen LogP contribution < -0.4 is 11.2 Å². The van der Waals surface area contributed by atoms with Crippen molar-refractivity contribution in [2.75, 3.05) is 6.61 Å². The highest BCUT2D eigenvalue weighted by molar-refractivity contribution is 5.05. The molecule has 0 amide bonds. The van der Waals surface area contributed by atoms with Crippen LogP contribution in [0, 0.1) is 0 Å². The monoisotopic (exact) mass is 286 g/mol. The number of aromatic nitrogens is 2. The summed E-state index contributed by atoms with van der Waals surface area (Å²) >= 11 is 0. The average Bonchev–Trinajstić information content (AvgIpc) is 2.40. The van der Waals surface area contributed by atoms with Crippen molar-refractivity contribution < 1.29 is 20.1 Å². The molecule has 8 nitrogen and oxygen atoms in total. The molecule has 2 heterocycles. The first-order valence-corrected chi connectivity index (χ1v) is 6.45. The molecule has 0 radical (unpaired) electrons. The molecule has 0 aromatic carbocycles. The van der Waals surface area contributed by atoms with Gasteiger partial charge in [0.1, 0.15) is 18.3 Å². The number of nitrogens with one attached hydrogen (secondary N) is 1. The van der Waals surface area contributed by atoms with Gasteiger partial charge in [-0.2, -0.15) is 0 Å². The lowest BCUT2D eigenvalue weighted by Gasteiger charge is -2.35. The van der Waals surface area contributed by atoms with Gasteiger partial charge in [-0.15, -0.1) is 0 Å². The Labute approximate surface area is 114 Å². The molecule has 1 aliphatic rings. The number of H-pyrrole nitrogens is 1. The van der Waals surface area contributed by atoms with E-state index in [1.165, 1.54) is 6.20 Å². The summed E-state index contributed by atoms with van der Waals surface area (Å²) in [5.74, 6) is 0. The number of ether oxygens (including phenoxy) is 1. The maximum atomic E-state index is 11.8. The van der Waals surface area contributed by atoms with Crippen LogP contribution >= 0.6 is 0 Å². The first-order chi connectivity index (χ1) is 9.45. The van der Waals surface area contributed by atoms with Gasteiger partial charge >= 0.3 is 5.69 Å². The lowest BCUT2D eigenvalue weighted by Crippen LogP contribution is -2.53. The second-order valence-electron chi connectivity index (χ2n) is 4.84. The maximum absolute atomic E-state index is 11.8. The van der Waals surface area contributed by atoms with E-state index in [0.29, 0.717) is 12.0 Å². The van der Waals surface area contributed by atoms with Gasteiger partial charge in [-0.25, -0.2) is 4.79 Å². The predicted molar refractivity (Wildman–Crippen MR) is 68.3 cm³/mol. The highest BCUT2D eigenvalue weighted by atomic mass is 16.5. The van der Waals surface area contributed by atoms with Crippen LogP contribution in [0.5, 0.6) is 0 Å². The highest BCUT2D eigenvalue weighted by Crippen LogP contribution is 2.22. The normalized spacial score (nSPS) is 30.4. The van der Waals surface area contributed by atoms with Crippen LogP contribution in [0.4, 0.5) is 0 Å². The summed E-state index contributed by atoms with van der Waals surface area (Å²) in [5.41, 5.74) is -0.815. The largest absolute Gasteiger partial charge is 0.388 e. The molecule has 2 rings (SSSR count). The van der Waals surface area contributed by atoms with Crippen molar-refractivity contribution >= 4 is 0 Å². The van der Waals surface area contributed by atoms with Gasteiger partial charge in [-0.1, -0.05) is 13.3 Å². The lowest BCUT2D eigenvalue weighted by molar-refractivity contribution is -0.212. The molecule has 0 aliphatic carbocycles. The Morgan fingerprint density at radius 1 is 1.35 bits per heavy atom. The standard InChI is InChI=1S/C12H18N2O6/c1-2-3-6-4-14(12(19)13-10(6)18)11-9(17)8(16)7(15)5-20-11/h4,7-9,11,15-17H,2-3,5H2,1H3,(H,13,18,19). The lowest BCUT2D eigenvalue weighted by atomic mass is 10.0. The summed E-state index contributed by atoms with van der Waals surface area (Å²) in [7, 11) is 0. The summed E-state index contributed by atoms with van der Waals surface area (Å²) < 4.78 is 6.23. The van der Waals surface area contributed by atoms with Crippen molar-refractivity contribution in [3.05, 3.63) is 32.6 Å². The van der Waals surface area contributed by atoms with Crippen LogP contribution in [0.1, 0.15) is 25.1 Å². The number of hydrogen-bond donors (Lipinski definition) is 4. The molecule has 1 saturated heterocycles. The van der Waals surface area contributed by atoms with Gasteiger partial charge in [0, 0.05) is 11.8 Å². The Kier molecular flexibility index (Phi) is 4.39. The van der Waals surface area contributed by atoms with E-state index in [0.717, 1.165) is 11.0 Å². The van der Waals surface area contributed by atoms with Gasteiger partial charge in [0.15, 0.2) is 6.23 Å². The highest BCUT2D eigenvalue weighted by Gasteiger charge is 2.39. The Bertz CT molecular complexity index is 580. The minimum Gasteiger partial charge on any atom is -0.388 e. The molecular weight excluding hydrogens is 268 g/mol. The van der Waals surface area contributed by atoms with Crippen molar-refractivity contribution in [1.29, 1.82) is 0 Å². The maximum Gasteiger partial charge on any atom is 0.330 e. The number of aromatic amines is 1. The minimum atomic E-state index is -1.46. The number of hydrogen-bond acceptors (Lipinski definition) is 6. The van der Waals surface area contributed by atoms with E-state index in [1.54, 1.807) is 0 Å². The van der Waals surface area contributed by atoms with E-state index in [1.807, 2.05) is 6.92 Å². The third-order valence-corrected chi connectivity index (χ3v) is 3.31. The van der Waals surface area contributed by atoms with Crippen molar-refractivity contribution in [1.82, 2.24) is 9.55 Å². The molecule has 4 N–H and O–H groups in total. The Balaban J connectivity index is 2.39. The van der Waals surface area contributed by atoms with Gasteiger partial charge in [-0.05, 0) is 6.42 Å². The van der Waals surface area contributed by atoms with Gasteiger partial charge in [0.25, 0.3) is 5.56 Å². The molecule has 1 aromatic rings. The van der Waals surface area contributed by atoms with Gasteiger partial charge in [-0.3, -0.25) is 14.3 Å². The van der Waals surface area contributed by atoms with E-state index in [9.17, 15) is 24.9 Å². The molecule has 1 aromatic heterocycles. The molecule has 4 atom stereocenters. The molecule has 20 heavy (non-hydrogen) atoms. The molecule has 4 unspecified atom stereocenters. The fraction of sp³-hybridized carbons (Fsp3) is 0.667. The zero-order chi connectivity index (χ0) is 14.9. The minimum absolute atomic E-state index is 0.211. The molecule has 0 bridgehead atoms. The van der Waals surface area contributed by atoms with Crippen molar-refractivity contribution in [2.24, 2.45) is 0 Å². The zero-order valence-corrected chi connectivity index (χ0v) is 11.0. The first kappa shape index (κ1) is 14.9. The van der Waals surface area contributed by atoms with Crippen LogP contribution in [-0.4, -0.2) is 49.8 Å². The third kappa shape index (κ3) is 2.68. The van der Waals surface area contributed by atoms with Crippen molar-refractivity contribution in [3.63, 3.8) is 0 Å². The van der Waals surface area contributed by atoms with E-state index in [2.05, 4.69) is 4.98 Å². The van der Waals surface area contributed by atoms with Crippen molar-refractivity contribution in [2.45, 2.75) is 44.3 Å². The fourth-order valence-electron chi connectivity index (χ4n) is 2.20. The number of rotatable bonds is 3. The van der Waals surface area contributed by atoms with E-state index in [4.69, 9.17) is 4.74 Å². The Hall–Kier alpha value is -1.48. The molecular formula is C12H18N2O6. The predicted octanol–water partition coefficient (Wildman–Crippen LogP) is -1.90. The van der Waals surface area contributed by atoms with Crippen LogP contribution in [0.3, 0.4) is 0 Å².